The van der Waals surface area contributed by atoms with Crippen molar-refractivity contribution in [3.05, 3.63) is 157 Å². The SMILES string of the molecule is CC(C)(C)c1cnc2ccccc2c1.CC(C)(C)c1cnc2ccccn12.CC(C)(C)c1cncc2ccccc12.CC(C)(C)c1cnn2ccccc12. The van der Waals surface area contributed by atoms with Gasteiger partial charge in [-0.25, -0.2) is 9.50 Å². The summed E-state index contributed by atoms with van der Waals surface area (Å²) in [5, 5.41) is 8.06. The third kappa shape index (κ3) is 9.79. The molecule has 0 unspecified atom stereocenters. The Bertz CT molecular complexity index is 2340. The first-order valence-electron chi connectivity index (χ1n) is 18.9. The molecule has 0 atom stereocenters. The van der Waals surface area contributed by atoms with Gasteiger partial charge < -0.3 is 4.40 Å². The van der Waals surface area contributed by atoms with E-state index in [0.29, 0.717) is 0 Å². The quantitative estimate of drug-likeness (QED) is 0.157. The van der Waals surface area contributed by atoms with E-state index >= 15 is 0 Å². The summed E-state index contributed by atoms with van der Waals surface area (Å²) < 4.78 is 4.06. The van der Waals surface area contributed by atoms with Crippen molar-refractivity contribution in [2.24, 2.45) is 0 Å². The van der Waals surface area contributed by atoms with Crippen molar-refractivity contribution in [2.45, 2.75) is 105 Å². The van der Waals surface area contributed by atoms with Gasteiger partial charge in [0.25, 0.3) is 0 Å². The molecular weight excluding hydrogens is 661 g/mol. The normalized spacial score (nSPS) is 12.1. The zero-order chi connectivity index (χ0) is 39.3. The van der Waals surface area contributed by atoms with Crippen LogP contribution in [0.5, 0.6) is 0 Å². The van der Waals surface area contributed by atoms with Crippen LogP contribution in [0, 0.1) is 0 Å². The Morgan fingerprint density at radius 1 is 0.481 bits per heavy atom. The highest BCUT2D eigenvalue weighted by Gasteiger charge is 2.19. The number of para-hydroxylation sites is 1. The molecule has 6 heteroatoms. The number of aromatic nitrogens is 6. The molecule has 0 aliphatic carbocycles. The molecule has 6 heterocycles. The molecule has 0 saturated heterocycles. The molecule has 8 aromatic rings. The van der Waals surface area contributed by atoms with Gasteiger partial charge in [0.2, 0.25) is 0 Å². The van der Waals surface area contributed by atoms with E-state index in [1.165, 1.54) is 44.1 Å². The molecule has 6 nitrogen and oxygen atoms in total. The molecule has 6 aromatic heterocycles. The second kappa shape index (κ2) is 15.9. The van der Waals surface area contributed by atoms with Gasteiger partial charge in [0, 0.05) is 64.6 Å². The Kier molecular flexibility index (Phi) is 11.8. The first-order valence-corrected chi connectivity index (χ1v) is 18.9. The Morgan fingerprint density at radius 3 is 1.80 bits per heavy atom. The van der Waals surface area contributed by atoms with Crippen molar-refractivity contribution in [1.29, 1.82) is 0 Å². The van der Waals surface area contributed by atoms with Crippen LogP contribution < -0.4 is 0 Å². The van der Waals surface area contributed by atoms with Crippen LogP contribution >= 0.6 is 0 Å². The van der Waals surface area contributed by atoms with E-state index in [-0.39, 0.29) is 21.7 Å². The van der Waals surface area contributed by atoms with Crippen molar-refractivity contribution in [3.63, 3.8) is 0 Å². The molecule has 0 spiro atoms. The Labute approximate surface area is 322 Å². The van der Waals surface area contributed by atoms with E-state index in [1.807, 2.05) is 84.2 Å². The molecule has 0 radical (unpaired) electrons. The lowest BCUT2D eigenvalue weighted by atomic mass is 9.85. The number of hydrogen-bond donors (Lipinski definition) is 0. The van der Waals surface area contributed by atoms with Gasteiger partial charge in [-0.2, -0.15) is 5.10 Å². The number of nitrogens with zero attached hydrogens (tertiary/aromatic N) is 6. The van der Waals surface area contributed by atoms with Crippen molar-refractivity contribution in [1.82, 2.24) is 29.0 Å². The van der Waals surface area contributed by atoms with Gasteiger partial charge in [0.1, 0.15) is 5.65 Å². The van der Waals surface area contributed by atoms with Gasteiger partial charge in [0.15, 0.2) is 0 Å². The van der Waals surface area contributed by atoms with E-state index < -0.39 is 0 Å². The fourth-order valence-electron chi connectivity index (χ4n) is 6.20. The van der Waals surface area contributed by atoms with Crippen LogP contribution in [0.2, 0.25) is 0 Å². The summed E-state index contributed by atoms with van der Waals surface area (Å²) in [5.41, 5.74) is 9.11. The van der Waals surface area contributed by atoms with Gasteiger partial charge in [-0.1, -0.05) is 138 Å². The molecule has 0 amide bonds. The van der Waals surface area contributed by atoms with Crippen LogP contribution in [0.3, 0.4) is 0 Å². The van der Waals surface area contributed by atoms with Crippen molar-refractivity contribution in [2.75, 3.05) is 0 Å². The molecule has 0 aliphatic heterocycles. The zero-order valence-corrected chi connectivity index (χ0v) is 34.4. The number of rotatable bonds is 0. The summed E-state index contributed by atoms with van der Waals surface area (Å²) in [4.78, 5) is 13.1. The Balaban J connectivity index is 0.000000139. The van der Waals surface area contributed by atoms with Crippen molar-refractivity contribution < 1.29 is 0 Å². The average molecular weight is 719 g/mol. The summed E-state index contributed by atoms with van der Waals surface area (Å²) in [6.45, 7) is 26.5. The van der Waals surface area contributed by atoms with E-state index in [0.717, 1.165) is 11.2 Å². The minimum absolute atomic E-state index is 0.154. The maximum absolute atomic E-state index is 4.45. The van der Waals surface area contributed by atoms with Crippen molar-refractivity contribution in [3.8, 4) is 0 Å². The zero-order valence-electron chi connectivity index (χ0n) is 34.4. The van der Waals surface area contributed by atoms with E-state index in [1.54, 1.807) is 0 Å². The van der Waals surface area contributed by atoms with Gasteiger partial charge in [-0.05, 0) is 69.2 Å². The van der Waals surface area contributed by atoms with Crippen LogP contribution in [0.25, 0.3) is 32.8 Å². The van der Waals surface area contributed by atoms with Crippen LogP contribution in [-0.2, 0) is 21.7 Å². The second-order valence-corrected chi connectivity index (χ2v) is 18.0. The highest BCUT2D eigenvalue weighted by molar-refractivity contribution is 5.85. The second-order valence-electron chi connectivity index (χ2n) is 18.0. The topological polar surface area (TPSA) is 60.4 Å². The largest absolute Gasteiger partial charge is 0.304 e. The van der Waals surface area contributed by atoms with Crippen LogP contribution in [0.4, 0.5) is 0 Å². The number of imidazole rings is 1. The molecule has 2 aromatic carbocycles. The van der Waals surface area contributed by atoms with Gasteiger partial charge >= 0.3 is 0 Å². The summed E-state index contributed by atoms with van der Waals surface area (Å²) in [6.07, 6.45) is 13.8. The van der Waals surface area contributed by atoms with E-state index in [9.17, 15) is 0 Å². The van der Waals surface area contributed by atoms with E-state index in [4.69, 9.17) is 0 Å². The average Bonchev–Trinajstić information content (AvgIpc) is 3.77. The molecule has 280 valence electrons. The smallest absolute Gasteiger partial charge is 0.136 e. The third-order valence-corrected chi connectivity index (χ3v) is 9.35. The molecule has 0 aliphatic rings. The monoisotopic (exact) mass is 718 g/mol. The number of pyridine rings is 4. The number of fused-ring (bicyclic) bond motifs is 4. The van der Waals surface area contributed by atoms with E-state index in [2.05, 4.69) is 162 Å². The molecule has 8 rings (SSSR count). The lowest BCUT2D eigenvalue weighted by molar-refractivity contribution is 0.563. The van der Waals surface area contributed by atoms with Crippen molar-refractivity contribution >= 4 is 32.8 Å². The highest BCUT2D eigenvalue weighted by Crippen LogP contribution is 2.29. The number of hydrogen-bond acceptors (Lipinski definition) is 4. The summed E-state index contributed by atoms with van der Waals surface area (Å²) >= 11 is 0. The summed E-state index contributed by atoms with van der Waals surface area (Å²) in [7, 11) is 0. The predicted molar refractivity (Wildman–Crippen MR) is 229 cm³/mol. The minimum atomic E-state index is 0.154. The number of benzene rings is 2. The molecule has 54 heavy (non-hydrogen) atoms. The predicted octanol–water partition coefficient (Wildman–Crippen LogP) is 12.3. The fraction of sp³-hybridized carbons (Fsp3) is 0.333. The molecule has 0 bridgehead atoms. The third-order valence-electron chi connectivity index (χ3n) is 9.35. The lowest BCUT2D eigenvalue weighted by Crippen LogP contribution is -2.13. The summed E-state index contributed by atoms with van der Waals surface area (Å²) in [6, 6.07) is 31.1. The lowest BCUT2D eigenvalue weighted by Gasteiger charge is -2.20. The minimum Gasteiger partial charge on any atom is -0.304 e. The first kappa shape index (κ1) is 39.8. The van der Waals surface area contributed by atoms with Crippen LogP contribution in [0.1, 0.15) is 105 Å². The highest BCUT2D eigenvalue weighted by atomic mass is 15.2. The fourth-order valence-corrected chi connectivity index (χ4v) is 6.20. The van der Waals surface area contributed by atoms with Crippen LogP contribution in [0.15, 0.2) is 134 Å². The molecule has 0 fully saturated rings. The maximum Gasteiger partial charge on any atom is 0.136 e. The summed E-state index contributed by atoms with van der Waals surface area (Å²) in [5.74, 6) is 0. The van der Waals surface area contributed by atoms with Crippen LogP contribution in [-0.4, -0.2) is 29.0 Å². The molecule has 0 saturated carbocycles. The maximum atomic E-state index is 4.45. The molecular formula is C48H58N6. The van der Waals surface area contributed by atoms with Gasteiger partial charge in [-0.3, -0.25) is 9.97 Å². The standard InChI is InChI=1S/2C13H15N.2C11H14N2/c1-13(2,3)11-8-10-6-4-5-7-12(10)14-9-11;1-13(2,3)12-9-14-8-10-6-4-5-7-11(10)12;1-11(2,3)9-8-12-10-6-4-5-7-13(9)10;1-11(2,3)9-8-12-13-7-5-4-6-10(9)13/h2*4-9H,1-3H3;2*4-8H,1-3H3. The first-order chi connectivity index (χ1) is 25.3. The van der Waals surface area contributed by atoms with Gasteiger partial charge in [0.05, 0.1) is 17.2 Å². The Morgan fingerprint density at radius 2 is 1.11 bits per heavy atom. The molecule has 0 N–H and O–H groups in total. The Hall–Kier alpha value is -5.36. The van der Waals surface area contributed by atoms with Gasteiger partial charge in [-0.15, -0.1) is 0 Å².